The Hall–Kier alpha value is -0.360. The van der Waals surface area contributed by atoms with E-state index in [1.807, 2.05) is 22.6 Å². The molecule has 0 atom stereocenters. The number of amides is 1. The molecule has 0 unspecified atom stereocenters. The van der Waals surface area contributed by atoms with Gasteiger partial charge in [-0.25, -0.2) is 4.39 Å². The zero-order valence-electron chi connectivity index (χ0n) is 6.70. The molecule has 0 saturated carbocycles. The first-order chi connectivity index (χ1) is 6.07. The predicted molar refractivity (Wildman–Crippen MR) is 57.5 cm³/mol. The second kappa shape index (κ2) is 4.23. The zero-order valence-corrected chi connectivity index (χ0v) is 9.61. The highest BCUT2D eigenvalue weighted by molar-refractivity contribution is 14.1. The minimum absolute atomic E-state index is 0.00407. The van der Waals surface area contributed by atoms with Crippen molar-refractivity contribution < 1.29 is 9.18 Å². The average Bonchev–Trinajstić information content (AvgIpc) is 2.12. The molecule has 13 heavy (non-hydrogen) atoms. The van der Waals surface area contributed by atoms with Gasteiger partial charge in [-0.05, 0) is 34.7 Å². The molecule has 1 aromatic rings. The number of hydrogen-bond donors (Lipinski definition) is 1. The van der Waals surface area contributed by atoms with Crippen LogP contribution in [-0.4, -0.2) is 13.0 Å². The van der Waals surface area contributed by atoms with Gasteiger partial charge < -0.3 is 5.32 Å². The lowest BCUT2D eigenvalue weighted by Gasteiger charge is -2.05. The minimum atomic E-state index is -0.673. The van der Waals surface area contributed by atoms with Gasteiger partial charge in [0.15, 0.2) is 5.82 Å². The van der Waals surface area contributed by atoms with Crippen molar-refractivity contribution in [2.24, 2.45) is 0 Å². The van der Waals surface area contributed by atoms with Gasteiger partial charge in [-0.1, -0.05) is 11.6 Å². The van der Waals surface area contributed by atoms with Gasteiger partial charge in [-0.15, -0.1) is 0 Å². The first-order valence-corrected chi connectivity index (χ1v) is 4.89. The van der Waals surface area contributed by atoms with E-state index in [0.29, 0.717) is 3.57 Å². The third-order valence-electron chi connectivity index (χ3n) is 1.50. The van der Waals surface area contributed by atoms with E-state index >= 15 is 0 Å². The summed E-state index contributed by atoms with van der Waals surface area (Å²) in [5, 5.41) is 2.31. The molecule has 0 saturated heterocycles. The van der Waals surface area contributed by atoms with Crippen LogP contribution in [-0.2, 0) is 0 Å². The van der Waals surface area contributed by atoms with E-state index in [2.05, 4.69) is 5.32 Å². The topological polar surface area (TPSA) is 29.1 Å². The fourth-order valence-electron chi connectivity index (χ4n) is 0.860. The molecule has 0 aliphatic carbocycles. The third kappa shape index (κ3) is 2.11. The maximum atomic E-state index is 13.3. The number of benzene rings is 1. The Kier molecular flexibility index (Phi) is 3.49. The lowest BCUT2D eigenvalue weighted by atomic mass is 10.2. The SMILES string of the molecule is CNC(=O)c1c(I)ccc(Cl)c1F. The largest absolute Gasteiger partial charge is 0.355 e. The van der Waals surface area contributed by atoms with Gasteiger partial charge in [0.1, 0.15) is 0 Å². The zero-order chi connectivity index (χ0) is 10.0. The molecule has 2 nitrogen and oxygen atoms in total. The molecule has 0 spiro atoms. The summed E-state index contributed by atoms with van der Waals surface area (Å²) < 4.78 is 13.8. The lowest BCUT2D eigenvalue weighted by Crippen LogP contribution is -2.20. The second-order valence-electron chi connectivity index (χ2n) is 2.30. The third-order valence-corrected chi connectivity index (χ3v) is 2.69. The number of nitrogens with one attached hydrogen (secondary N) is 1. The molecule has 0 aliphatic rings. The van der Waals surface area contributed by atoms with E-state index < -0.39 is 11.7 Å². The Morgan fingerprint density at radius 1 is 1.62 bits per heavy atom. The molecule has 1 aromatic carbocycles. The molecule has 70 valence electrons. The molecule has 1 N–H and O–H groups in total. The van der Waals surface area contributed by atoms with E-state index in [1.165, 1.54) is 13.1 Å². The van der Waals surface area contributed by atoms with Crippen molar-refractivity contribution in [2.45, 2.75) is 0 Å². The summed E-state index contributed by atoms with van der Waals surface area (Å²) in [5.41, 5.74) is -0.00407. The summed E-state index contributed by atoms with van der Waals surface area (Å²) in [6, 6.07) is 3.02. The smallest absolute Gasteiger partial charge is 0.255 e. The molecular weight excluding hydrogens is 307 g/mol. The van der Waals surface area contributed by atoms with Crippen molar-refractivity contribution >= 4 is 40.1 Å². The summed E-state index contributed by atoms with van der Waals surface area (Å²) in [6.45, 7) is 0. The number of rotatable bonds is 1. The van der Waals surface area contributed by atoms with Crippen molar-refractivity contribution in [1.29, 1.82) is 0 Å². The van der Waals surface area contributed by atoms with Gasteiger partial charge in [0, 0.05) is 10.6 Å². The normalized spacial score (nSPS) is 9.85. The van der Waals surface area contributed by atoms with Crippen molar-refractivity contribution in [3.05, 3.63) is 32.1 Å². The molecular formula is C8H6ClFINO. The van der Waals surface area contributed by atoms with Gasteiger partial charge in [0.2, 0.25) is 0 Å². The maximum absolute atomic E-state index is 13.3. The molecule has 5 heteroatoms. The Morgan fingerprint density at radius 3 is 2.77 bits per heavy atom. The summed E-state index contributed by atoms with van der Waals surface area (Å²) in [4.78, 5) is 11.2. The van der Waals surface area contributed by atoms with Gasteiger partial charge in [0.25, 0.3) is 5.91 Å². The molecule has 0 bridgehead atoms. The number of carbonyl (C=O) groups is 1. The van der Waals surface area contributed by atoms with E-state index in [4.69, 9.17) is 11.6 Å². The summed E-state index contributed by atoms with van der Waals surface area (Å²) in [5.74, 6) is -1.14. The molecule has 1 amide bonds. The van der Waals surface area contributed by atoms with Crippen LogP contribution in [0.5, 0.6) is 0 Å². The van der Waals surface area contributed by atoms with Crippen molar-refractivity contribution in [2.75, 3.05) is 7.05 Å². The Morgan fingerprint density at radius 2 is 2.23 bits per heavy atom. The van der Waals surface area contributed by atoms with E-state index in [1.54, 1.807) is 6.07 Å². The van der Waals surface area contributed by atoms with Crippen LogP contribution in [0.3, 0.4) is 0 Å². The molecule has 0 aromatic heterocycles. The summed E-state index contributed by atoms with van der Waals surface area (Å²) in [6.07, 6.45) is 0. The molecule has 0 fully saturated rings. The minimum Gasteiger partial charge on any atom is -0.355 e. The van der Waals surface area contributed by atoms with Crippen LogP contribution < -0.4 is 5.32 Å². The maximum Gasteiger partial charge on any atom is 0.255 e. The molecule has 0 heterocycles. The average molecular weight is 313 g/mol. The quantitative estimate of drug-likeness (QED) is 0.626. The highest BCUT2D eigenvalue weighted by atomic mass is 127. The fraction of sp³-hybridized carbons (Fsp3) is 0.125. The second-order valence-corrected chi connectivity index (χ2v) is 3.87. The lowest BCUT2D eigenvalue weighted by molar-refractivity contribution is 0.0958. The van der Waals surface area contributed by atoms with Crippen molar-refractivity contribution in [1.82, 2.24) is 5.32 Å². The number of hydrogen-bond acceptors (Lipinski definition) is 1. The summed E-state index contributed by atoms with van der Waals surface area (Å²) >= 11 is 7.41. The number of carbonyl (C=O) groups excluding carboxylic acids is 1. The first kappa shape index (κ1) is 10.7. The van der Waals surface area contributed by atoms with Crippen LogP contribution in [0, 0.1) is 9.39 Å². The Labute approximate surface area is 93.6 Å². The predicted octanol–water partition coefficient (Wildman–Crippen LogP) is 2.44. The van der Waals surface area contributed by atoms with Gasteiger partial charge in [0.05, 0.1) is 10.6 Å². The molecule has 0 radical (unpaired) electrons. The van der Waals surface area contributed by atoms with Crippen LogP contribution in [0.2, 0.25) is 5.02 Å². The van der Waals surface area contributed by atoms with Crippen molar-refractivity contribution in [3.8, 4) is 0 Å². The first-order valence-electron chi connectivity index (χ1n) is 3.43. The van der Waals surface area contributed by atoms with Crippen LogP contribution in [0.15, 0.2) is 12.1 Å². The fourth-order valence-corrected chi connectivity index (χ4v) is 1.68. The monoisotopic (exact) mass is 313 g/mol. The standard InChI is InChI=1S/C8H6ClFINO/c1-12-8(13)6-5(11)3-2-4(9)7(6)10/h2-3H,1H3,(H,12,13). The van der Waals surface area contributed by atoms with Crippen LogP contribution >= 0.6 is 34.2 Å². The van der Waals surface area contributed by atoms with Crippen LogP contribution in [0.1, 0.15) is 10.4 Å². The van der Waals surface area contributed by atoms with Crippen molar-refractivity contribution in [3.63, 3.8) is 0 Å². The Balaban J connectivity index is 3.33. The van der Waals surface area contributed by atoms with Gasteiger partial charge >= 0.3 is 0 Å². The number of halogens is 3. The molecule has 1 rings (SSSR count). The van der Waals surface area contributed by atoms with Gasteiger partial charge in [-0.2, -0.15) is 0 Å². The highest BCUT2D eigenvalue weighted by Gasteiger charge is 2.16. The van der Waals surface area contributed by atoms with E-state index in [-0.39, 0.29) is 10.6 Å². The Bertz CT molecular complexity index is 356. The van der Waals surface area contributed by atoms with Crippen LogP contribution in [0.4, 0.5) is 4.39 Å². The van der Waals surface area contributed by atoms with Crippen LogP contribution in [0.25, 0.3) is 0 Å². The molecule has 0 aliphatic heterocycles. The van der Waals surface area contributed by atoms with E-state index in [9.17, 15) is 9.18 Å². The summed E-state index contributed by atoms with van der Waals surface area (Å²) in [7, 11) is 1.44. The highest BCUT2D eigenvalue weighted by Crippen LogP contribution is 2.22. The van der Waals surface area contributed by atoms with E-state index in [0.717, 1.165) is 0 Å². The van der Waals surface area contributed by atoms with Gasteiger partial charge in [-0.3, -0.25) is 4.79 Å².